The van der Waals surface area contributed by atoms with E-state index < -0.39 is 18.1 Å². The number of amides is 1. The topological polar surface area (TPSA) is 64.6 Å². The van der Waals surface area contributed by atoms with Gasteiger partial charge < -0.3 is 14.8 Å². The normalized spacial score (nSPS) is 11.6. The van der Waals surface area contributed by atoms with Crippen LogP contribution >= 0.6 is 0 Å². The fourth-order valence-electron chi connectivity index (χ4n) is 0.585. The molecule has 70 valence electrons. The van der Waals surface area contributed by atoms with Gasteiger partial charge in [0.15, 0.2) is 0 Å². The van der Waals surface area contributed by atoms with Gasteiger partial charge in [0.25, 0.3) is 0 Å². The molecule has 0 aliphatic heterocycles. The predicted octanol–water partition coefficient (Wildman–Crippen LogP) is 0.294. The van der Waals surface area contributed by atoms with Crippen molar-refractivity contribution in [3.63, 3.8) is 0 Å². The number of nitrogens with one attached hydrogen (secondary N) is 1. The van der Waals surface area contributed by atoms with Gasteiger partial charge in [0.1, 0.15) is 6.04 Å². The van der Waals surface area contributed by atoms with Gasteiger partial charge in [0, 0.05) is 0 Å². The summed E-state index contributed by atoms with van der Waals surface area (Å²) < 4.78 is 8.93. The van der Waals surface area contributed by atoms with E-state index in [-0.39, 0.29) is 6.61 Å². The zero-order valence-electron chi connectivity index (χ0n) is 7.42. The lowest BCUT2D eigenvalue weighted by molar-refractivity contribution is -0.142. The van der Waals surface area contributed by atoms with Crippen LogP contribution in [0.1, 0.15) is 13.8 Å². The van der Waals surface area contributed by atoms with Crippen molar-refractivity contribution in [3.8, 4) is 0 Å². The Morgan fingerprint density at radius 2 is 2.08 bits per heavy atom. The minimum absolute atomic E-state index is 0.278. The van der Waals surface area contributed by atoms with Gasteiger partial charge in [-0.2, -0.15) is 0 Å². The summed E-state index contributed by atoms with van der Waals surface area (Å²) in [7, 11) is 1.26. The molecule has 0 bridgehead atoms. The second-order valence-electron chi connectivity index (χ2n) is 2.11. The van der Waals surface area contributed by atoms with Crippen LogP contribution in [0.3, 0.4) is 0 Å². The highest BCUT2D eigenvalue weighted by Crippen LogP contribution is 1.87. The van der Waals surface area contributed by atoms with Crippen LogP contribution in [0.4, 0.5) is 4.79 Å². The Balaban J connectivity index is 3.75. The molecule has 0 unspecified atom stereocenters. The maximum absolute atomic E-state index is 10.8. The molecule has 0 spiro atoms. The zero-order valence-corrected chi connectivity index (χ0v) is 7.42. The fraction of sp³-hybridized carbons (Fsp3) is 0.714. The number of carbonyl (C=O) groups excluding carboxylic acids is 2. The summed E-state index contributed by atoms with van der Waals surface area (Å²) in [6, 6.07) is -0.672. The molecule has 1 atom stereocenters. The number of esters is 1. The summed E-state index contributed by atoms with van der Waals surface area (Å²) in [5.41, 5.74) is 0. The van der Waals surface area contributed by atoms with Crippen LogP contribution in [0.25, 0.3) is 0 Å². The van der Waals surface area contributed by atoms with Gasteiger partial charge in [-0.05, 0) is 13.8 Å². The van der Waals surface area contributed by atoms with Crippen LogP contribution < -0.4 is 5.32 Å². The predicted molar refractivity (Wildman–Crippen MR) is 41.6 cm³/mol. The van der Waals surface area contributed by atoms with E-state index >= 15 is 0 Å². The third-order valence-electron chi connectivity index (χ3n) is 1.16. The summed E-state index contributed by atoms with van der Waals surface area (Å²) in [5, 5.41) is 2.30. The third-order valence-corrected chi connectivity index (χ3v) is 1.16. The van der Waals surface area contributed by atoms with Crippen molar-refractivity contribution in [3.05, 3.63) is 0 Å². The first-order valence-corrected chi connectivity index (χ1v) is 3.63. The van der Waals surface area contributed by atoms with Crippen molar-refractivity contribution < 1.29 is 19.1 Å². The minimum Gasteiger partial charge on any atom is -0.467 e. The van der Waals surface area contributed by atoms with Gasteiger partial charge in [0.2, 0.25) is 0 Å². The number of carbonyl (C=O) groups is 2. The Bertz CT molecular complexity index is 169. The molecule has 0 aliphatic carbocycles. The number of methoxy groups -OCH3 is 1. The number of hydrogen-bond donors (Lipinski definition) is 1. The third kappa shape index (κ3) is 3.80. The van der Waals surface area contributed by atoms with Crippen molar-refractivity contribution in [2.45, 2.75) is 19.9 Å². The molecule has 0 saturated carbocycles. The van der Waals surface area contributed by atoms with Crippen LogP contribution in [-0.4, -0.2) is 31.8 Å². The first kappa shape index (κ1) is 10.7. The van der Waals surface area contributed by atoms with Crippen LogP contribution in [0, 0.1) is 0 Å². The highest BCUT2D eigenvalue weighted by atomic mass is 16.6. The molecule has 0 fully saturated rings. The van der Waals surface area contributed by atoms with E-state index in [0.717, 1.165) is 0 Å². The lowest BCUT2D eigenvalue weighted by atomic mass is 10.3. The van der Waals surface area contributed by atoms with E-state index in [1.165, 1.54) is 14.0 Å². The molecule has 0 aromatic heterocycles. The summed E-state index contributed by atoms with van der Waals surface area (Å²) in [4.78, 5) is 21.5. The summed E-state index contributed by atoms with van der Waals surface area (Å²) in [6.07, 6.45) is -0.615. The first-order chi connectivity index (χ1) is 5.61. The van der Waals surface area contributed by atoms with E-state index in [1.807, 2.05) is 0 Å². The van der Waals surface area contributed by atoms with Gasteiger partial charge in [0.05, 0.1) is 13.7 Å². The molecule has 0 radical (unpaired) electrons. The molecule has 5 nitrogen and oxygen atoms in total. The van der Waals surface area contributed by atoms with Gasteiger partial charge in [-0.3, -0.25) is 0 Å². The average Bonchev–Trinajstić information content (AvgIpc) is 2.03. The Labute approximate surface area is 71.0 Å². The monoisotopic (exact) mass is 175 g/mol. The second kappa shape index (κ2) is 5.40. The molecular weight excluding hydrogens is 162 g/mol. The molecule has 1 N–H and O–H groups in total. The standard InChI is InChI=1S/C7H13NO4/c1-4-12-7(10)8-5(2)6(9)11-3/h5H,4H2,1-3H3,(H,8,10)/t5-/m0/s1. The highest BCUT2D eigenvalue weighted by molar-refractivity contribution is 5.80. The Kier molecular flexibility index (Phi) is 4.83. The van der Waals surface area contributed by atoms with Gasteiger partial charge in [-0.25, -0.2) is 9.59 Å². The van der Waals surface area contributed by atoms with E-state index in [4.69, 9.17) is 0 Å². The quantitative estimate of drug-likeness (QED) is 0.626. The van der Waals surface area contributed by atoms with Crippen molar-refractivity contribution in [1.82, 2.24) is 5.32 Å². The number of ether oxygens (including phenoxy) is 2. The molecule has 0 aliphatic rings. The summed E-state index contributed by atoms with van der Waals surface area (Å²) in [6.45, 7) is 3.48. The van der Waals surface area contributed by atoms with E-state index in [1.54, 1.807) is 6.92 Å². The summed E-state index contributed by atoms with van der Waals surface area (Å²) in [5.74, 6) is -0.497. The van der Waals surface area contributed by atoms with Gasteiger partial charge in [-0.1, -0.05) is 0 Å². The van der Waals surface area contributed by atoms with Crippen molar-refractivity contribution in [2.24, 2.45) is 0 Å². The minimum atomic E-state index is -0.672. The van der Waals surface area contributed by atoms with Crippen LogP contribution in [-0.2, 0) is 14.3 Å². The molecule has 0 saturated heterocycles. The van der Waals surface area contributed by atoms with Crippen molar-refractivity contribution in [2.75, 3.05) is 13.7 Å². The first-order valence-electron chi connectivity index (χ1n) is 3.63. The molecule has 5 heteroatoms. The van der Waals surface area contributed by atoms with E-state index in [2.05, 4.69) is 14.8 Å². The average molecular weight is 175 g/mol. The smallest absolute Gasteiger partial charge is 0.407 e. The molecule has 1 amide bonds. The van der Waals surface area contributed by atoms with Crippen molar-refractivity contribution >= 4 is 12.1 Å². The number of rotatable bonds is 3. The Morgan fingerprint density at radius 1 is 1.50 bits per heavy atom. The van der Waals surface area contributed by atoms with Gasteiger partial charge in [-0.15, -0.1) is 0 Å². The largest absolute Gasteiger partial charge is 0.467 e. The zero-order chi connectivity index (χ0) is 9.56. The summed E-state index contributed by atoms with van der Waals surface area (Å²) >= 11 is 0. The maximum atomic E-state index is 10.8. The highest BCUT2D eigenvalue weighted by Gasteiger charge is 2.15. The molecule has 0 aromatic rings. The van der Waals surface area contributed by atoms with Gasteiger partial charge >= 0.3 is 12.1 Å². The van der Waals surface area contributed by atoms with Crippen LogP contribution in [0.2, 0.25) is 0 Å². The van der Waals surface area contributed by atoms with E-state index in [0.29, 0.717) is 0 Å². The SMILES string of the molecule is CCOC(=O)N[C@@H](C)C(=O)OC. The molecule has 0 aromatic carbocycles. The molecule has 0 rings (SSSR count). The Morgan fingerprint density at radius 3 is 2.50 bits per heavy atom. The van der Waals surface area contributed by atoms with Crippen molar-refractivity contribution in [1.29, 1.82) is 0 Å². The molecule has 12 heavy (non-hydrogen) atoms. The Hall–Kier alpha value is -1.26. The lowest BCUT2D eigenvalue weighted by Gasteiger charge is -2.10. The molecule has 0 heterocycles. The maximum Gasteiger partial charge on any atom is 0.407 e. The van der Waals surface area contributed by atoms with E-state index in [9.17, 15) is 9.59 Å². The second-order valence-corrected chi connectivity index (χ2v) is 2.11. The lowest BCUT2D eigenvalue weighted by Crippen LogP contribution is -2.39. The number of hydrogen-bond acceptors (Lipinski definition) is 4. The number of alkyl carbamates (subject to hydrolysis) is 1. The van der Waals surface area contributed by atoms with Crippen LogP contribution in [0.5, 0.6) is 0 Å². The van der Waals surface area contributed by atoms with Crippen LogP contribution in [0.15, 0.2) is 0 Å². The fourth-order valence-corrected chi connectivity index (χ4v) is 0.585. The molecular formula is C7H13NO4.